The van der Waals surface area contributed by atoms with Gasteiger partial charge in [-0.1, -0.05) is 18.2 Å². The van der Waals surface area contributed by atoms with E-state index in [9.17, 15) is 9.59 Å². The van der Waals surface area contributed by atoms with Crippen LogP contribution in [0.15, 0.2) is 58.3 Å². The number of thiophene rings is 2. The number of ether oxygens (including phenoxy) is 1. The first-order valence-corrected chi connectivity index (χ1v) is 13.0. The molecule has 1 aliphatic heterocycles. The van der Waals surface area contributed by atoms with Crippen LogP contribution in [0, 0.1) is 0 Å². The summed E-state index contributed by atoms with van der Waals surface area (Å²) in [7, 11) is 1.65. The van der Waals surface area contributed by atoms with Crippen molar-refractivity contribution < 1.29 is 9.53 Å². The van der Waals surface area contributed by atoms with E-state index in [4.69, 9.17) is 4.74 Å². The molecule has 176 valence electrons. The molecule has 1 aliphatic rings. The number of carbonyl (C=O) groups excluding carboxylic acids is 1. The third-order valence-corrected chi connectivity index (χ3v) is 8.03. The van der Waals surface area contributed by atoms with Gasteiger partial charge in [0.05, 0.1) is 24.9 Å². The van der Waals surface area contributed by atoms with Crippen molar-refractivity contribution in [1.82, 2.24) is 19.8 Å². The van der Waals surface area contributed by atoms with Crippen LogP contribution < -0.4 is 15.6 Å². The lowest BCUT2D eigenvalue weighted by molar-refractivity contribution is -0.122. The minimum atomic E-state index is -0.200. The molecule has 9 heteroatoms. The summed E-state index contributed by atoms with van der Waals surface area (Å²) in [5.74, 6) is 0.611. The van der Waals surface area contributed by atoms with Crippen molar-refractivity contribution in [3.8, 4) is 16.2 Å². The molecule has 1 N–H and O–H groups in total. The fourth-order valence-corrected chi connectivity index (χ4v) is 6.17. The second kappa shape index (κ2) is 10.1. The third kappa shape index (κ3) is 4.64. The van der Waals surface area contributed by atoms with Crippen molar-refractivity contribution in [3.05, 3.63) is 69.4 Å². The van der Waals surface area contributed by atoms with Gasteiger partial charge in [0.2, 0.25) is 5.91 Å². The van der Waals surface area contributed by atoms with Crippen LogP contribution in [0.25, 0.3) is 20.7 Å². The summed E-state index contributed by atoms with van der Waals surface area (Å²) in [5, 5.41) is 7.58. The van der Waals surface area contributed by atoms with Crippen LogP contribution in [-0.4, -0.2) is 47.1 Å². The second-order valence-corrected chi connectivity index (χ2v) is 10.1. The molecule has 0 aliphatic carbocycles. The largest absolute Gasteiger partial charge is 0.497 e. The molecule has 0 spiro atoms. The zero-order chi connectivity index (χ0) is 23.5. The Morgan fingerprint density at radius 3 is 2.68 bits per heavy atom. The highest BCUT2D eigenvalue weighted by Gasteiger charge is 2.24. The lowest BCUT2D eigenvalue weighted by Gasteiger charge is -2.28. The maximum Gasteiger partial charge on any atom is 0.263 e. The van der Waals surface area contributed by atoms with E-state index in [2.05, 4.69) is 27.3 Å². The van der Waals surface area contributed by atoms with E-state index >= 15 is 0 Å². The Bertz CT molecular complexity index is 1320. The number of hydrogen-bond donors (Lipinski definition) is 1. The van der Waals surface area contributed by atoms with Gasteiger partial charge in [-0.2, -0.15) is 0 Å². The topological polar surface area (TPSA) is 76.5 Å². The first-order valence-electron chi connectivity index (χ1n) is 11.3. The fourth-order valence-electron chi connectivity index (χ4n) is 4.45. The minimum absolute atomic E-state index is 0.0587. The van der Waals surface area contributed by atoms with Crippen molar-refractivity contribution in [1.29, 1.82) is 0 Å². The highest BCUT2D eigenvalue weighted by molar-refractivity contribution is 7.18. The molecule has 0 radical (unpaired) electrons. The van der Waals surface area contributed by atoms with Gasteiger partial charge in [-0.15, -0.1) is 22.7 Å². The Kier molecular flexibility index (Phi) is 6.75. The molecule has 0 saturated carbocycles. The molecule has 1 fully saturated rings. The van der Waals surface area contributed by atoms with E-state index in [1.54, 1.807) is 18.4 Å². The average Bonchev–Trinajstić information content (AvgIpc) is 3.63. The molecule has 1 amide bonds. The van der Waals surface area contributed by atoms with Gasteiger partial charge in [0, 0.05) is 22.4 Å². The predicted molar refractivity (Wildman–Crippen MR) is 137 cm³/mol. The zero-order valence-electron chi connectivity index (χ0n) is 18.9. The second-order valence-electron chi connectivity index (χ2n) is 8.32. The molecule has 4 aromatic rings. The molecule has 1 aromatic carbocycles. The molecule has 1 atom stereocenters. The van der Waals surface area contributed by atoms with Gasteiger partial charge < -0.3 is 10.1 Å². The van der Waals surface area contributed by atoms with Crippen molar-refractivity contribution in [2.45, 2.75) is 25.4 Å². The van der Waals surface area contributed by atoms with Crippen molar-refractivity contribution in [3.63, 3.8) is 0 Å². The number of methoxy groups -OCH3 is 1. The minimum Gasteiger partial charge on any atom is -0.497 e. The van der Waals surface area contributed by atoms with E-state index < -0.39 is 0 Å². The quantitative estimate of drug-likeness (QED) is 0.398. The number of carbonyl (C=O) groups is 1. The lowest BCUT2D eigenvalue weighted by Crippen LogP contribution is -2.39. The smallest absolute Gasteiger partial charge is 0.263 e. The van der Waals surface area contributed by atoms with E-state index in [1.807, 2.05) is 35.0 Å². The first kappa shape index (κ1) is 22.8. The summed E-state index contributed by atoms with van der Waals surface area (Å²) >= 11 is 3.04. The van der Waals surface area contributed by atoms with Gasteiger partial charge in [0.25, 0.3) is 5.56 Å². The monoisotopic (exact) mass is 494 g/mol. The number of likely N-dealkylation sites (tertiary alicyclic amines) is 1. The fraction of sp³-hybridized carbons (Fsp3) is 0.320. The first-order chi connectivity index (χ1) is 16.6. The molecule has 3 aromatic heterocycles. The van der Waals surface area contributed by atoms with Crippen LogP contribution in [0.5, 0.6) is 5.75 Å². The van der Waals surface area contributed by atoms with Crippen LogP contribution in [0.3, 0.4) is 0 Å². The molecule has 4 heterocycles. The predicted octanol–water partition coefficient (Wildman–Crippen LogP) is 4.15. The van der Waals surface area contributed by atoms with Crippen LogP contribution in [0.1, 0.15) is 24.4 Å². The number of rotatable bonds is 8. The van der Waals surface area contributed by atoms with Crippen LogP contribution in [-0.2, 0) is 11.3 Å². The number of fused-ring (bicyclic) bond motifs is 1. The maximum absolute atomic E-state index is 13.2. The molecular weight excluding hydrogens is 468 g/mol. The van der Waals surface area contributed by atoms with Crippen molar-refractivity contribution in [2.24, 2.45) is 0 Å². The van der Waals surface area contributed by atoms with Crippen LogP contribution in [0.4, 0.5) is 0 Å². The van der Waals surface area contributed by atoms with Crippen molar-refractivity contribution >= 4 is 38.8 Å². The SMILES string of the molecule is COc1ccc(C(CNC(=O)Cn2cnc3scc(-c4cccs4)c3c2=O)N2CCCC2)cc1. The number of nitrogens with one attached hydrogen (secondary N) is 1. The Hall–Kier alpha value is -3.01. The number of nitrogens with zero attached hydrogens (tertiary/aromatic N) is 3. The van der Waals surface area contributed by atoms with E-state index in [0.717, 1.165) is 47.7 Å². The molecule has 7 nitrogen and oxygen atoms in total. The molecule has 34 heavy (non-hydrogen) atoms. The lowest BCUT2D eigenvalue weighted by atomic mass is 10.1. The summed E-state index contributed by atoms with van der Waals surface area (Å²) in [4.78, 5) is 34.6. The van der Waals surface area contributed by atoms with E-state index in [1.165, 1.54) is 22.2 Å². The molecular formula is C25H26N4O3S2. The van der Waals surface area contributed by atoms with Gasteiger partial charge in [-0.25, -0.2) is 4.98 Å². The standard InChI is InChI=1S/C25H26N4O3S2/c1-32-18-8-6-17(7-9-18)20(28-10-2-3-11-28)13-26-22(30)14-29-16-27-24-23(25(29)31)19(15-34-24)21-5-4-12-33-21/h4-9,12,15-16,20H,2-3,10-11,13-14H2,1H3,(H,26,30). The van der Waals surface area contributed by atoms with Crippen LogP contribution in [0.2, 0.25) is 0 Å². The van der Waals surface area contributed by atoms with Gasteiger partial charge in [0.1, 0.15) is 17.1 Å². The Balaban J connectivity index is 1.32. The van der Waals surface area contributed by atoms with Gasteiger partial charge in [-0.3, -0.25) is 19.1 Å². The number of hydrogen-bond acceptors (Lipinski definition) is 7. The van der Waals surface area contributed by atoms with Crippen molar-refractivity contribution in [2.75, 3.05) is 26.7 Å². The number of benzene rings is 1. The van der Waals surface area contributed by atoms with E-state index in [-0.39, 0.29) is 24.1 Å². The van der Waals surface area contributed by atoms with Gasteiger partial charge in [-0.05, 0) is 55.1 Å². The molecule has 1 saturated heterocycles. The molecule has 5 rings (SSSR count). The highest BCUT2D eigenvalue weighted by Crippen LogP contribution is 2.33. The van der Waals surface area contributed by atoms with Crippen LogP contribution >= 0.6 is 22.7 Å². The summed E-state index contributed by atoms with van der Waals surface area (Å²) in [6.45, 7) is 2.44. The Morgan fingerprint density at radius 1 is 1.18 bits per heavy atom. The molecule has 0 bridgehead atoms. The Morgan fingerprint density at radius 2 is 1.97 bits per heavy atom. The number of aromatic nitrogens is 2. The molecule has 1 unspecified atom stereocenters. The normalized spacial score (nSPS) is 15.0. The number of amides is 1. The zero-order valence-corrected chi connectivity index (χ0v) is 20.5. The maximum atomic E-state index is 13.2. The highest BCUT2D eigenvalue weighted by atomic mass is 32.1. The summed E-state index contributed by atoms with van der Waals surface area (Å²) in [5.41, 5.74) is 1.84. The third-order valence-electron chi connectivity index (χ3n) is 6.24. The summed E-state index contributed by atoms with van der Waals surface area (Å²) in [6.07, 6.45) is 3.80. The van der Waals surface area contributed by atoms with E-state index in [0.29, 0.717) is 16.8 Å². The summed E-state index contributed by atoms with van der Waals surface area (Å²) < 4.78 is 6.69. The summed E-state index contributed by atoms with van der Waals surface area (Å²) in [6, 6.07) is 12.0. The van der Waals surface area contributed by atoms with Gasteiger partial charge in [0.15, 0.2) is 0 Å². The Labute approximate surface area is 205 Å². The van der Waals surface area contributed by atoms with Gasteiger partial charge >= 0.3 is 0 Å². The average molecular weight is 495 g/mol.